The van der Waals surface area contributed by atoms with Gasteiger partial charge >= 0.3 is 0 Å². The van der Waals surface area contributed by atoms with Crippen LogP contribution in [0.3, 0.4) is 0 Å². The van der Waals surface area contributed by atoms with E-state index in [1.807, 2.05) is 0 Å². The second kappa shape index (κ2) is 37.4. The standard InChI is InChI=1S/C5H11.Hf.3H2O/c1-3-5-4-2;;;;/h1,3-5H2,2H3;;3*1H2/q-1;;;;. The van der Waals surface area contributed by atoms with Crippen LogP contribution in [0, 0.1) is 6.92 Å². The third-order valence-electron chi connectivity index (χ3n) is 0.604. The summed E-state index contributed by atoms with van der Waals surface area (Å²) in [7, 11) is 0. The van der Waals surface area contributed by atoms with Gasteiger partial charge in [-0.25, -0.2) is 0 Å². The Kier molecular flexibility index (Phi) is 137. The predicted octanol–water partition coefficient (Wildman–Crippen LogP) is -0.466. The number of hydrogen-bond donors (Lipinski definition) is 0. The average Bonchev–Trinajstić information content (AvgIpc) is 1.41. The van der Waals surface area contributed by atoms with Crippen LogP contribution in [0.4, 0.5) is 0 Å². The number of unbranched alkanes of at least 4 members (excludes halogenated alkanes) is 2. The molecule has 60 valence electrons. The number of hydrogen-bond acceptors (Lipinski definition) is 0. The Labute approximate surface area is 75.5 Å². The molecule has 4 heteroatoms. The van der Waals surface area contributed by atoms with Crippen molar-refractivity contribution in [2.45, 2.75) is 26.2 Å². The van der Waals surface area contributed by atoms with E-state index in [4.69, 9.17) is 0 Å². The fraction of sp³-hybridized carbons (Fsp3) is 0.800. The first-order valence-electron chi connectivity index (χ1n) is 2.21. The molecule has 9 heavy (non-hydrogen) atoms. The Hall–Kier alpha value is 0.750. The quantitative estimate of drug-likeness (QED) is 0.487. The summed E-state index contributed by atoms with van der Waals surface area (Å²) in [6.45, 7) is 5.85. The minimum Gasteiger partial charge on any atom is -0.412 e. The minimum atomic E-state index is 0. The van der Waals surface area contributed by atoms with Crippen LogP contribution in [-0.2, 0) is 25.8 Å². The summed E-state index contributed by atoms with van der Waals surface area (Å²) in [4.78, 5) is 0. The van der Waals surface area contributed by atoms with Crippen LogP contribution >= 0.6 is 0 Å². The van der Waals surface area contributed by atoms with Crippen molar-refractivity contribution in [2.24, 2.45) is 0 Å². The Morgan fingerprint density at radius 3 is 1.44 bits per heavy atom. The van der Waals surface area contributed by atoms with E-state index in [0.717, 1.165) is 6.42 Å². The first-order chi connectivity index (χ1) is 2.41. The molecule has 0 saturated heterocycles. The van der Waals surface area contributed by atoms with Crippen molar-refractivity contribution in [3.05, 3.63) is 6.92 Å². The normalized spacial score (nSPS) is 4.67. The van der Waals surface area contributed by atoms with Gasteiger partial charge in [-0.1, -0.05) is 19.8 Å². The molecule has 0 aromatic heterocycles. The molecule has 3 nitrogen and oxygen atoms in total. The van der Waals surface area contributed by atoms with E-state index >= 15 is 0 Å². The van der Waals surface area contributed by atoms with E-state index in [1.165, 1.54) is 12.8 Å². The van der Waals surface area contributed by atoms with E-state index < -0.39 is 0 Å². The molecular formula is C5H17HfO3-. The Morgan fingerprint density at radius 2 is 1.44 bits per heavy atom. The number of rotatable bonds is 2. The van der Waals surface area contributed by atoms with E-state index in [0.29, 0.717) is 0 Å². The zero-order valence-electron chi connectivity index (χ0n) is 5.83. The van der Waals surface area contributed by atoms with Gasteiger partial charge in [0.15, 0.2) is 0 Å². The van der Waals surface area contributed by atoms with Crippen molar-refractivity contribution < 1.29 is 42.3 Å². The van der Waals surface area contributed by atoms with Crippen molar-refractivity contribution in [3.63, 3.8) is 0 Å². The first kappa shape index (κ1) is 33.1. The summed E-state index contributed by atoms with van der Waals surface area (Å²) in [6, 6.07) is 0. The molecule has 0 bridgehead atoms. The van der Waals surface area contributed by atoms with Gasteiger partial charge in [0, 0.05) is 25.8 Å². The van der Waals surface area contributed by atoms with Crippen LogP contribution in [0.15, 0.2) is 0 Å². The Morgan fingerprint density at radius 1 is 1.11 bits per heavy atom. The average molecular weight is 304 g/mol. The molecule has 0 aliphatic carbocycles. The fourth-order valence-corrected chi connectivity index (χ4v) is 0.250. The zero-order valence-corrected chi connectivity index (χ0v) is 9.42. The van der Waals surface area contributed by atoms with Crippen molar-refractivity contribution in [3.8, 4) is 0 Å². The Bertz CT molecular complexity index is 19.7. The maximum atomic E-state index is 3.68. The van der Waals surface area contributed by atoms with Crippen molar-refractivity contribution in [1.29, 1.82) is 0 Å². The summed E-state index contributed by atoms with van der Waals surface area (Å²) in [5, 5.41) is 0. The zero-order chi connectivity index (χ0) is 4.12. The molecule has 0 saturated carbocycles. The molecule has 0 unspecified atom stereocenters. The van der Waals surface area contributed by atoms with Gasteiger partial charge in [-0.3, -0.25) is 0 Å². The summed E-state index contributed by atoms with van der Waals surface area (Å²) in [5.41, 5.74) is 0. The summed E-state index contributed by atoms with van der Waals surface area (Å²) in [5.74, 6) is 0. The van der Waals surface area contributed by atoms with Gasteiger partial charge < -0.3 is 23.4 Å². The molecule has 0 amide bonds. The molecule has 0 aromatic rings. The largest absolute Gasteiger partial charge is 0.412 e. The van der Waals surface area contributed by atoms with Crippen LogP contribution in [0.25, 0.3) is 0 Å². The molecule has 0 aromatic carbocycles. The molecule has 0 aliphatic heterocycles. The van der Waals surface area contributed by atoms with E-state index in [-0.39, 0.29) is 42.3 Å². The smallest absolute Gasteiger partial charge is 0 e. The minimum absolute atomic E-state index is 0. The molecule has 0 spiro atoms. The molecule has 0 heterocycles. The summed E-state index contributed by atoms with van der Waals surface area (Å²) < 4.78 is 0. The van der Waals surface area contributed by atoms with Gasteiger partial charge in [0.1, 0.15) is 0 Å². The molecule has 0 radical (unpaired) electrons. The third kappa shape index (κ3) is 52.7. The van der Waals surface area contributed by atoms with Crippen molar-refractivity contribution in [1.82, 2.24) is 0 Å². The monoisotopic (exact) mass is 305 g/mol. The van der Waals surface area contributed by atoms with Gasteiger partial charge in [0.25, 0.3) is 0 Å². The summed E-state index contributed by atoms with van der Waals surface area (Å²) in [6.07, 6.45) is 3.65. The maximum Gasteiger partial charge on any atom is 0 e. The van der Waals surface area contributed by atoms with Crippen LogP contribution in [0.1, 0.15) is 26.2 Å². The van der Waals surface area contributed by atoms with Crippen LogP contribution in [-0.4, -0.2) is 16.4 Å². The van der Waals surface area contributed by atoms with Gasteiger partial charge in [-0.15, -0.1) is 0 Å². The third-order valence-corrected chi connectivity index (χ3v) is 0.604. The summed E-state index contributed by atoms with van der Waals surface area (Å²) >= 11 is 0. The van der Waals surface area contributed by atoms with Crippen molar-refractivity contribution in [2.75, 3.05) is 0 Å². The van der Waals surface area contributed by atoms with E-state index in [9.17, 15) is 0 Å². The topological polar surface area (TPSA) is 94.5 Å². The second-order valence-electron chi connectivity index (χ2n) is 1.21. The predicted molar refractivity (Wildman–Crippen MR) is 35.7 cm³/mol. The van der Waals surface area contributed by atoms with Crippen LogP contribution in [0.5, 0.6) is 0 Å². The molecule has 0 fully saturated rings. The maximum absolute atomic E-state index is 3.68. The van der Waals surface area contributed by atoms with E-state index in [1.54, 1.807) is 0 Å². The molecular weight excluding hydrogens is 287 g/mol. The SMILES string of the molecule is O.O.O.[CH2-]CCCC.[Hf]. The molecule has 6 N–H and O–H groups in total. The second-order valence-corrected chi connectivity index (χ2v) is 1.21. The molecule has 0 aliphatic rings. The van der Waals surface area contributed by atoms with E-state index in [2.05, 4.69) is 13.8 Å². The molecule has 0 rings (SSSR count). The fourth-order valence-electron chi connectivity index (χ4n) is 0.250. The van der Waals surface area contributed by atoms with Gasteiger partial charge in [-0.05, 0) is 0 Å². The first-order valence-corrected chi connectivity index (χ1v) is 2.21. The Balaban J connectivity index is -0.0000000133. The van der Waals surface area contributed by atoms with Crippen molar-refractivity contribution >= 4 is 0 Å². The van der Waals surface area contributed by atoms with Gasteiger partial charge in [-0.2, -0.15) is 6.42 Å². The van der Waals surface area contributed by atoms with Gasteiger partial charge in [0.2, 0.25) is 0 Å². The van der Waals surface area contributed by atoms with Gasteiger partial charge in [0.05, 0.1) is 0 Å². The molecule has 0 atom stereocenters. The van der Waals surface area contributed by atoms with Crippen LogP contribution in [0.2, 0.25) is 0 Å². The van der Waals surface area contributed by atoms with Crippen LogP contribution < -0.4 is 0 Å².